The van der Waals surface area contributed by atoms with Crippen LogP contribution < -0.4 is 10.9 Å². The molecule has 0 heterocycles. The number of carbonyl (C=O) groups is 3. The van der Waals surface area contributed by atoms with Gasteiger partial charge in [-0.2, -0.15) is 0 Å². The number of aromatic hydroxyl groups is 1. The molecule has 4 atom stereocenters. The molecular weight excluding hydrogens is 300 g/mol. The Balaban J connectivity index is 1.66. The summed E-state index contributed by atoms with van der Waals surface area (Å²) in [5.41, 5.74) is 4.52. The lowest BCUT2D eigenvalue weighted by Crippen LogP contribution is -2.48. The number of hydrazine groups is 1. The molecule has 0 aliphatic heterocycles. The molecule has 2 aliphatic rings. The fourth-order valence-electron chi connectivity index (χ4n) is 3.45. The molecule has 7 nitrogen and oxygen atoms in total. The Bertz CT molecular complexity index is 699. The first-order valence-electron chi connectivity index (χ1n) is 7.28. The number of carbonyl (C=O) groups excluding carboxylic acids is 2. The lowest BCUT2D eigenvalue weighted by molar-refractivity contribution is -0.148. The summed E-state index contributed by atoms with van der Waals surface area (Å²) in [6.07, 6.45) is 4.34. The van der Waals surface area contributed by atoms with Gasteiger partial charge in [0.05, 0.1) is 17.4 Å². The Morgan fingerprint density at radius 1 is 1.00 bits per heavy atom. The van der Waals surface area contributed by atoms with E-state index in [0.29, 0.717) is 6.42 Å². The molecule has 2 aliphatic carbocycles. The second-order valence-corrected chi connectivity index (χ2v) is 5.80. The first-order valence-corrected chi connectivity index (χ1v) is 7.28. The van der Waals surface area contributed by atoms with Gasteiger partial charge in [0, 0.05) is 0 Å². The van der Waals surface area contributed by atoms with Crippen molar-refractivity contribution in [1.82, 2.24) is 10.9 Å². The molecule has 1 aromatic carbocycles. The van der Waals surface area contributed by atoms with Gasteiger partial charge >= 0.3 is 5.97 Å². The molecule has 0 aromatic heterocycles. The number of nitrogens with one attached hydrogen (secondary N) is 2. The third-order valence-electron chi connectivity index (χ3n) is 4.50. The summed E-state index contributed by atoms with van der Waals surface area (Å²) < 4.78 is 0. The Morgan fingerprint density at radius 2 is 1.65 bits per heavy atom. The van der Waals surface area contributed by atoms with Crippen LogP contribution in [0.4, 0.5) is 0 Å². The van der Waals surface area contributed by atoms with Crippen molar-refractivity contribution >= 4 is 17.8 Å². The minimum Gasteiger partial charge on any atom is -0.507 e. The van der Waals surface area contributed by atoms with Crippen LogP contribution in [0.1, 0.15) is 16.8 Å². The summed E-state index contributed by atoms with van der Waals surface area (Å²) in [5.74, 6) is -4.14. The molecule has 0 radical (unpaired) electrons. The van der Waals surface area contributed by atoms with E-state index in [2.05, 4.69) is 10.9 Å². The van der Waals surface area contributed by atoms with E-state index in [1.807, 2.05) is 12.2 Å². The van der Waals surface area contributed by atoms with Crippen LogP contribution in [0, 0.1) is 23.7 Å². The Labute approximate surface area is 132 Å². The molecule has 2 amide bonds. The van der Waals surface area contributed by atoms with Crippen molar-refractivity contribution in [3.63, 3.8) is 0 Å². The van der Waals surface area contributed by atoms with E-state index in [0.717, 1.165) is 0 Å². The van der Waals surface area contributed by atoms with Crippen LogP contribution in [0.5, 0.6) is 5.75 Å². The summed E-state index contributed by atoms with van der Waals surface area (Å²) in [6.45, 7) is 0. The number of phenolic OH excluding ortho intramolecular Hbond substituents is 1. The van der Waals surface area contributed by atoms with Crippen LogP contribution >= 0.6 is 0 Å². The van der Waals surface area contributed by atoms with Gasteiger partial charge < -0.3 is 10.2 Å². The number of rotatable bonds is 3. The number of fused-ring (bicyclic) bond motifs is 2. The summed E-state index contributed by atoms with van der Waals surface area (Å²) >= 11 is 0. The second kappa shape index (κ2) is 5.75. The van der Waals surface area contributed by atoms with E-state index in [1.54, 1.807) is 12.1 Å². The fourth-order valence-corrected chi connectivity index (χ4v) is 3.45. The molecule has 0 unspecified atom stereocenters. The average Bonchev–Trinajstić information content (AvgIpc) is 3.13. The number of benzene rings is 1. The number of phenols is 1. The zero-order valence-electron chi connectivity index (χ0n) is 12.1. The van der Waals surface area contributed by atoms with Crippen molar-refractivity contribution < 1.29 is 24.6 Å². The minimum absolute atomic E-state index is 0.0235. The van der Waals surface area contributed by atoms with Crippen LogP contribution in [0.2, 0.25) is 0 Å². The third kappa shape index (κ3) is 2.65. The number of allylic oxidation sites excluding steroid dienone is 2. The highest BCUT2D eigenvalue weighted by Gasteiger charge is 2.51. The SMILES string of the molecule is O=C(NNC(=O)[C@H]1[C@@H](C(=O)O)[C@H]2C=C[C@H]1C2)c1ccccc1O. The molecular formula is C16H16N2O5. The summed E-state index contributed by atoms with van der Waals surface area (Å²) in [7, 11) is 0. The maximum Gasteiger partial charge on any atom is 0.307 e. The smallest absolute Gasteiger partial charge is 0.307 e. The van der Waals surface area contributed by atoms with Crippen LogP contribution in [-0.2, 0) is 9.59 Å². The highest BCUT2D eigenvalue weighted by Crippen LogP contribution is 2.48. The van der Waals surface area contributed by atoms with Crippen molar-refractivity contribution in [2.75, 3.05) is 0 Å². The monoisotopic (exact) mass is 316 g/mol. The maximum absolute atomic E-state index is 12.3. The second-order valence-electron chi connectivity index (χ2n) is 5.80. The van der Waals surface area contributed by atoms with Gasteiger partial charge in [-0.15, -0.1) is 0 Å². The quantitative estimate of drug-likeness (QED) is 0.483. The lowest BCUT2D eigenvalue weighted by Gasteiger charge is -2.23. The predicted octanol–water partition coefficient (Wildman–Crippen LogP) is 0.676. The first kappa shape index (κ1) is 15.1. The minimum atomic E-state index is -1.01. The van der Waals surface area contributed by atoms with Crippen LogP contribution in [0.3, 0.4) is 0 Å². The van der Waals surface area contributed by atoms with E-state index in [1.165, 1.54) is 12.1 Å². The Hall–Kier alpha value is -2.83. The highest BCUT2D eigenvalue weighted by molar-refractivity contribution is 5.98. The molecule has 3 rings (SSSR count). The number of hydrogen-bond acceptors (Lipinski definition) is 4. The lowest BCUT2D eigenvalue weighted by atomic mass is 9.82. The van der Waals surface area contributed by atoms with Crippen molar-refractivity contribution in [3.05, 3.63) is 42.0 Å². The predicted molar refractivity (Wildman–Crippen MR) is 79.1 cm³/mol. The van der Waals surface area contributed by atoms with Crippen LogP contribution in [0.25, 0.3) is 0 Å². The Kier molecular flexibility index (Phi) is 3.77. The van der Waals surface area contributed by atoms with E-state index < -0.39 is 29.6 Å². The molecule has 4 N–H and O–H groups in total. The molecule has 1 fully saturated rings. The number of hydrogen-bond donors (Lipinski definition) is 4. The molecule has 0 saturated heterocycles. The highest BCUT2D eigenvalue weighted by atomic mass is 16.4. The number of para-hydroxylation sites is 1. The largest absolute Gasteiger partial charge is 0.507 e. The normalized spacial score (nSPS) is 27.7. The molecule has 1 aromatic rings. The van der Waals surface area contributed by atoms with E-state index >= 15 is 0 Å². The molecule has 0 spiro atoms. The van der Waals surface area contributed by atoms with E-state index in [-0.39, 0.29) is 23.1 Å². The van der Waals surface area contributed by atoms with Gasteiger partial charge in [0.2, 0.25) is 5.91 Å². The van der Waals surface area contributed by atoms with Gasteiger partial charge in [-0.25, -0.2) is 0 Å². The van der Waals surface area contributed by atoms with Crippen molar-refractivity contribution in [3.8, 4) is 5.75 Å². The molecule has 120 valence electrons. The van der Waals surface area contributed by atoms with Crippen LogP contribution in [-0.4, -0.2) is 28.0 Å². The molecule has 1 saturated carbocycles. The summed E-state index contributed by atoms with van der Waals surface area (Å²) in [5, 5.41) is 18.9. The van der Waals surface area contributed by atoms with Crippen molar-refractivity contribution in [2.24, 2.45) is 23.7 Å². The van der Waals surface area contributed by atoms with Gasteiger partial charge in [0.25, 0.3) is 5.91 Å². The van der Waals surface area contributed by atoms with Crippen LogP contribution in [0.15, 0.2) is 36.4 Å². The maximum atomic E-state index is 12.3. The van der Waals surface area contributed by atoms with Gasteiger partial charge in [-0.05, 0) is 30.4 Å². The molecule has 23 heavy (non-hydrogen) atoms. The topological polar surface area (TPSA) is 116 Å². The van der Waals surface area contributed by atoms with Gasteiger partial charge in [0.15, 0.2) is 0 Å². The summed E-state index contributed by atoms with van der Waals surface area (Å²) in [6, 6.07) is 5.93. The number of carboxylic acids is 1. The Morgan fingerprint density at radius 3 is 2.30 bits per heavy atom. The standard InChI is InChI=1S/C16H16N2O5/c19-11-4-2-1-3-10(11)14(20)17-18-15(21)12-8-5-6-9(7-8)13(12)16(22)23/h1-6,8-9,12-13,19H,7H2,(H,17,20)(H,18,21)(H,22,23)/t8-,9-,12+,13-/m0/s1. The molecule has 2 bridgehead atoms. The van der Waals surface area contributed by atoms with Crippen molar-refractivity contribution in [2.45, 2.75) is 6.42 Å². The number of aliphatic carboxylic acids is 1. The fraction of sp³-hybridized carbons (Fsp3) is 0.312. The van der Waals surface area contributed by atoms with Gasteiger partial charge in [0.1, 0.15) is 5.75 Å². The average molecular weight is 316 g/mol. The van der Waals surface area contributed by atoms with Gasteiger partial charge in [-0.1, -0.05) is 24.3 Å². The van der Waals surface area contributed by atoms with Gasteiger partial charge in [-0.3, -0.25) is 25.2 Å². The third-order valence-corrected chi connectivity index (χ3v) is 4.50. The molecule has 7 heteroatoms. The summed E-state index contributed by atoms with van der Waals surface area (Å²) in [4.78, 5) is 35.6. The number of amides is 2. The zero-order chi connectivity index (χ0) is 16.6. The zero-order valence-corrected chi connectivity index (χ0v) is 12.1. The van der Waals surface area contributed by atoms with E-state index in [4.69, 9.17) is 0 Å². The van der Waals surface area contributed by atoms with E-state index in [9.17, 15) is 24.6 Å². The first-order chi connectivity index (χ1) is 11.0. The number of carboxylic acid groups (broad SMARTS) is 1. The van der Waals surface area contributed by atoms with Crippen molar-refractivity contribution in [1.29, 1.82) is 0 Å².